The van der Waals surface area contributed by atoms with E-state index in [1.807, 2.05) is 44.2 Å². The van der Waals surface area contributed by atoms with Gasteiger partial charge in [0.1, 0.15) is 15.8 Å². The molecule has 0 spiro atoms. The van der Waals surface area contributed by atoms with Crippen molar-refractivity contribution in [2.24, 2.45) is 0 Å². The van der Waals surface area contributed by atoms with E-state index in [0.29, 0.717) is 39.3 Å². The highest BCUT2D eigenvalue weighted by Gasteiger charge is 2.32. The van der Waals surface area contributed by atoms with E-state index in [1.165, 1.54) is 21.7 Å². The molecule has 1 aliphatic rings. The number of rotatable bonds is 7. The SMILES string of the molecule is CCCN1C(=O)/C(=C\c2c(NCCc3ccccc3)nc3c(C)cccn3c2=O)SC1=S. The van der Waals surface area contributed by atoms with Gasteiger partial charge in [0.2, 0.25) is 0 Å². The Bertz CT molecular complexity index is 1270. The first-order valence-electron chi connectivity index (χ1n) is 10.5. The molecule has 164 valence electrons. The number of aromatic nitrogens is 2. The molecular formula is C24H24N4O2S2. The van der Waals surface area contributed by atoms with E-state index in [4.69, 9.17) is 17.2 Å². The monoisotopic (exact) mass is 464 g/mol. The third kappa shape index (κ3) is 4.47. The average molecular weight is 465 g/mol. The Kier molecular flexibility index (Phi) is 6.72. The summed E-state index contributed by atoms with van der Waals surface area (Å²) in [6, 6.07) is 13.9. The Morgan fingerprint density at radius 1 is 1.16 bits per heavy atom. The van der Waals surface area contributed by atoms with Crippen LogP contribution in [0.1, 0.15) is 30.0 Å². The predicted molar refractivity (Wildman–Crippen MR) is 135 cm³/mol. The minimum absolute atomic E-state index is 0.161. The molecule has 0 saturated carbocycles. The van der Waals surface area contributed by atoms with Crippen LogP contribution in [-0.4, -0.2) is 37.6 Å². The smallest absolute Gasteiger partial charge is 0.267 e. The van der Waals surface area contributed by atoms with Crippen molar-refractivity contribution in [3.05, 3.63) is 80.6 Å². The number of thiocarbonyl (C=S) groups is 1. The van der Waals surface area contributed by atoms with Crippen LogP contribution in [0.4, 0.5) is 5.82 Å². The van der Waals surface area contributed by atoms with Gasteiger partial charge in [0.25, 0.3) is 11.5 Å². The van der Waals surface area contributed by atoms with E-state index in [0.717, 1.165) is 18.4 Å². The van der Waals surface area contributed by atoms with E-state index in [1.54, 1.807) is 17.2 Å². The van der Waals surface area contributed by atoms with Crippen molar-refractivity contribution in [3.8, 4) is 0 Å². The number of hydrogen-bond donors (Lipinski definition) is 1. The highest BCUT2D eigenvalue weighted by Crippen LogP contribution is 2.33. The number of carbonyl (C=O) groups excluding carboxylic acids is 1. The van der Waals surface area contributed by atoms with Crippen LogP contribution in [-0.2, 0) is 11.2 Å². The van der Waals surface area contributed by atoms with Crippen LogP contribution in [0.5, 0.6) is 0 Å². The number of fused-ring (bicyclic) bond motifs is 1. The average Bonchev–Trinajstić information content (AvgIpc) is 3.05. The van der Waals surface area contributed by atoms with Gasteiger partial charge in [0, 0.05) is 19.3 Å². The summed E-state index contributed by atoms with van der Waals surface area (Å²) in [6.45, 7) is 5.10. The Balaban J connectivity index is 1.74. The number of carbonyl (C=O) groups is 1. The molecule has 1 saturated heterocycles. The molecule has 0 bridgehead atoms. The fraction of sp³-hybridized carbons (Fsp3) is 0.250. The summed E-state index contributed by atoms with van der Waals surface area (Å²) in [5.41, 5.74) is 2.82. The van der Waals surface area contributed by atoms with E-state index in [-0.39, 0.29) is 11.5 Å². The second-order valence-corrected chi connectivity index (χ2v) is 9.24. The van der Waals surface area contributed by atoms with Crippen LogP contribution in [0.2, 0.25) is 0 Å². The number of anilines is 1. The number of benzene rings is 1. The number of aryl methyl sites for hydroxylation is 1. The van der Waals surface area contributed by atoms with Gasteiger partial charge >= 0.3 is 0 Å². The Morgan fingerprint density at radius 2 is 1.94 bits per heavy atom. The first kappa shape index (κ1) is 22.2. The van der Waals surface area contributed by atoms with Gasteiger partial charge < -0.3 is 5.32 Å². The molecule has 2 aromatic heterocycles. The lowest BCUT2D eigenvalue weighted by Gasteiger charge is -2.13. The third-order valence-corrected chi connectivity index (χ3v) is 6.61. The first-order valence-corrected chi connectivity index (χ1v) is 11.8. The molecule has 0 unspecified atom stereocenters. The highest BCUT2D eigenvalue weighted by molar-refractivity contribution is 8.26. The maximum atomic E-state index is 13.4. The van der Waals surface area contributed by atoms with E-state index < -0.39 is 0 Å². The second kappa shape index (κ2) is 9.67. The molecule has 4 rings (SSSR count). The fourth-order valence-electron chi connectivity index (χ4n) is 3.59. The number of thioether (sulfide) groups is 1. The number of amides is 1. The molecular weight excluding hydrogens is 440 g/mol. The van der Waals surface area contributed by atoms with Crippen molar-refractivity contribution in [2.75, 3.05) is 18.4 Å². The van der Waals surface area contributed by atoms with Gasteiger partial charge in [-0.05, 0) is 43.0 Å². The van der Waals surface area contributed by atoms with Crippen molar-refractivity contribution >= 4 is 51.7 Å². The van der Waals surface area contributed by atoms with Gasteiger partial charge in [-0.15, -0.1) is 0 Å². The number of pyridine rings is 1. The standard InChI is InChI=1S/C24H24N4O2S2/c1-3-13-28-23(30)19(32-24(28)31)15-18-20(25-12-11-17-9-5-4-6-10-17)26-21-16(2)8-7-14-27(21)22(18)29/h4-10,14-15,25H,3,11-13H2,1-2H3/b19-15+. The Labute approximate surface area is 196 Å². The molecule has 6 nitrogen and oxygen atoms in total. The van der Waals surface area contributed by atoms with Crippen molar-refractivity contribution in [1.82, 2.24) is 14.3 Å². The lowest BCUT2D eigenvalue weighted by Crippen LogP contribution is -2.28. The van der Waals surface area contributed by atoms with Gasteiger partial charge in [-0.3, -0.25) is 18.9 Å². The van der Waals surface area contributed by atoms with Crippen LogP contribution in [0.15, 0.2) is 58.4 Å². The zero-order valence-electron chi connectivity index (χ0n) is 18.0. The van der Waals surface area contributed by atoms with Crippen LogP contribution >= 0.6 is 24.0 Å². The third-order valence-electron chi connectivity index (χ3n) is 5.23. The van der Waals surface area contributed by atoms with Gasteiger partial charge in [0.05, 0.1) is 10.5 Å². The highest BCUT2D eigenvalue weighted by atomic mass is 32.2. The number of hydrogen-bond acceptors (Lipinski definition) is 6. The van der Waals surface area contributed by atoms with Crippen molar-refractivity contribution in [3.63, 3.8) is 0 Å². The minimum Gasteiger partial charge on any atom is -0.369 e. The summed E-state index contributed by atoms with van der Waals surface area (Å²) >= 11 is 6.60. The lowest BCUT2D eigenvalue weighted by molar-refractivity contribution is -0.122. The van der Waals surface area contributed by atoms with Gasteiger partial charge in [-0.1, -0.05) is 67.3 Å². The normalized spacial score (nSPS) is 15.2. The number of nitrogens with zero attached hydrogens (tertiary/aromatic N) is 3. The molecule has 1 amide bonds. The molecule has 3 aromatic rings. The minimum atomic E-state index is -0.221. The molecule has 0 aliphatic carbocycles. The molecule has 0 radical (unpaired) electrons. The maximum absolute atomic E-state index is 13.4. The number of nitrogens with one attached hydrogen (secondary N) is 1. The zero-order valence-corrected chi connectivity index (χ0v) is 19.6. The first-order chi connectivity index (χ1) is 15.5. The molecule has 0 atom stereocenters. The molecule has 8 heteroatoms. The van der Waals surface area contributed by atoms with Gasteiger partial charge in [-0.25, -0.2) is 4.98 Å². The summed E-state index contributed by atoms with van der Waals surface area (Å²) in [5, 5.41) is 3.32. The van der Waals surface area contributed by atoms with Crippen LogP contribution < -0.4 is 10.9 Å². The molecule has 3 heterocycles. The summed E-state index contributed by atoms with van der Waals surface area (Å²) in [6.07, 6.45) is 4.92. The molecule has 1 aromatic carbocycles. The summed E-state index contributed by atoms with van der Waals surface area (Å²) in [4.78, 5) is 33.0. The van der Waals surface area contributed by atoms with Gasteiger partial charge in [0.15, 0.2) is 0 Å². The summed E-state index contributed by atoms with van der Waals surface area (Å²) in [5.74, 6) is 0.312. The Hall–Kier alpha value is -2.97. The molecule has 1 N–H and O–H groups in total. The van der Waals surface area contributed by atoms with Crippen LogP contribution in [0.3, 0.4) is 0 Å². The quantitative estimate of drug-likeness (QED) is 0.416. The van der Waals surface area contributed by atoms with Crippen molar-refractivity contribution in [1.29, 1.82) is 0 Å². The van der Waals surface area contributed by atoms with Crippen LogP contribution in [0.25, 0.3) is 11.7 Å². The van der Waals surface area contributed by atoms with Crippen molar-refractivity contribution in [2.45, 2.75) is 26.7 Å². The molecule has 1 aliphatic heterocycles. The zero-order chi connectivity index (χ0) is 22.7. The van der Waals surface area contributed by atoms with Gasteiger partial charge in [-0.2, -0.15) is 0 Å². The van der Waals surface area contributed by atoms with Crippen LogP contribution in [0, 0.1) is 6.92 Å². The molecule has 32 heavy (non-hydrogen) atoms. The fourth-order valence-corrected chi connectivity index (χ4v) is 4.88. The lowest BCUT2D eigenvalue weighted by atomic mass is 10.1. The van der Waals surface area contributed by atoms with E-state index in [2.05, 4.69) is 17.4 Å². The Morgan fingerprint density at radius 3 is 2.69 bits per heavy atom. The van der Waals surface area contributed by atoms with E-state index >= 15 is 0 Å². The molecule has 1 fully saturated rings. The second-order valence-electron chi connectivity index (χ2n) is 7.56. The largest absolute Gasteiger partial charge is 0.369 e. The topological polar surface area (TPSA) is 66.7 Å². The van der Waals surface area contributed by atoms with Crippen molar-refractivity contribution < 1.29 is 4.79 Å². The summed E-state index contributed by atoms with van der Waals surface area (Å²) in [7, 11) is 0. The van der Waals surface area contributed by atoms with E-state index in [9.17, 15) is 9.59 Å². The summed E-state index contributed by atoms with van der Waals surface area (Å²) < 4.78 is 2.04. The predicted octanol–water partition coefficient (Wildman–Crippen LogP) is 4.27. The maximum Gasteiger partial charge on any atom is 0.267 e.